The number of rotatable bonds is 4. The number of nitrogens with one attached hydrogen (secondary N) is 1. The molecule has 0 aromatic heterocycles. The molecule has 1 heterocycles. The van der Waals surface area contributed by atoms with E-state index in [1.165, 1.54) is 42.5 Å². The Bertz CT molecular complexity index is 1200. The van der Waals surface area contributed by atoms with E-state index in [9.17, 15) is 17.6 Å². The Balaban J connectivity index is 1.70. The van der Waals surface area contributed by atoms with Crippen LogP contribution in [0.1, 0.15) is 0 Å². The molecule has 0 unspecified atom stereocenters. The molecule has 0 spiro atoms. The molecule has 0 bridgehead atoms. The number of carbonyl (C=O) groups excluding carboxylic acids is 1. The molecule has 1 amide bonds. The van der Waals surface area contributed by atoms with Gasteiger partial charge in [-0.1, -0.05) is 35.9 Å². The molecular formula is C21H16ClFN2O4S. The van der Waals surface area contributed by atoms with Gasteiger partial charge < -0.3 is 10.1 Å². The molecule has 154 valence electrons. The molecule has 1 aliphatic heterocycles. The van der Waals surface area contributed by atoms with Crippen molar-refractivity contribution < 1.29 is 22.3 Å². The second-order valence-corrected chi connectivity index (χ2v) is 8.87. The number of benzene rings is 3. The van der Waals surface area contributed by atoms with E-state index in [-0.39, 0.29) is 28.6 Å². The number of ether oxygens (including phenoxy) is 1. The Hall–Kier alpha value is -3.10. The van der Waals surface area contributed by atoms with Gasteiger partial charge in [-0.25, -0.2) is 12.8 Å². The van der Waals surface area contributed by atoms with Crippen molar-refractivity contribution in [3.8, 4) is 5.75 Å². The quantitative estimate of drug-likeness (QED) is 0.655. The summed E-state index contributed by atoms with van der Waals surface area (Å²) >= 11 is 6.07. The summed E-state index contributed by atoms with van der Waals surface area (Å²) in [5.74, 6) is -0.912. The Kier molecular flexibility index (Phi) is 5.36. The van der Waals surface area contributed by atoms with Crippen LogP contribution in [-0.4, -0.2) is 27.0 Å². The molecule has 30 heavy (non-hydrogen) atoms. The SMILES string of the molecule is O=C(Nc1cccc(F)c1)[C@H]1CN(S(=O)(=O)c2ccccc2)c2cc(Cl)ccc2O1. The predicted octanol–water partition coefficient (Wildman–Crippen LogP) is 4.07. The molecule has 1 atom stereocenters. The summed E-state index contributed by atoms with van der Waals surface area (Å²) in [6.07, 6.45) is -1.15. The van der Waals surface area contributed by atoms with Crippen LogP contribution in [-0.2, 0) is 14.8 Å². The van der Waals surface area contributed by atoms with E-state index < -0.39 is 27.9 Å². The maximum Gasteiger partial charge on any atom is 0.267 e. The third-order valence-electron chi connectivity index (χ3n) is 4.51. The molecule has 3 aromatic carbocycles. The van der Waals surface area contributed by atoms with Crippen LogP contribution in [0.15, 0.2) is 77.7 Å². The van der Waals surface area contributed by atoms with Gasteiger partial charge in [-0.15, -0.1) is 0 Å². The fourth-order valence-corrected chi connectivity index (χ4v) is 4.75. The van der Waals surface area contributed by atoms with Crippen molar-refractivity contribution >= 4 is 38.9 Å². The van der Waals surface area contributed by atoms with E-state index in [1.54, 1.807) is 24.3 Å². The van der Waals surface area contributed by atoms with Crippen molar-refractivity contribution in [2.75, 3.05) is 16.2 Å². The average Bonchev–Trinajstić information content (AvgIpc) is 2.73. The highest BCUT2D eigenvalue weighted by Crippen LogP contribution is 2.39. The van der Waals surface area contributed by atoms with E-state index in [0.29, 0.717) is 5.02 Å². The number of hydrogen-bond acceptors (Lipinski definition) is 4. The maximum absolute atomic E-state index is 13.4. The number of fused-ring (bicyclic) bond motifs is 1. The first-order valence-corrected chi connectivity index (χ1v) is 10.8. The number of hydrogen-bond donors (Lipinski definition) is 1. The third-order valence-corrected chi connectivity index (χ3v) is 6.54. The lowest BCUT2D eigenvalue weighted by Gasteiger charge is -2.34. The summed E-state index contributed by atoms with van der Waals surface area (Å²) in [6.45, 7) is -0.272. The second kappa shape index (κ2) is 7.97. The van der Waals surface area contributed by atoms with Gasteiger partial charge in [0.05, 0.1) is 17.1 Å². The summed E-state index contributed by atoms with van der Waals surface area (Å²) in [5.41, 5.74) is 0.476. The number of nitrogens with zero attached hydrogens (tertiary/aromatic N) is 1. The summed E-state index contributed by atoms with van der Waals surface area (Å²) < 4.78 is 46.8. The third kappa shape index (κ3) is 3.96. The first-order valence-electron chi connectivity index (χ1n) is 8.95. The molecule has 0 fully saturated rings. The van der Waals surface area contributed by atoms with Crippen LogP contribution in [0.4, 0.5) is 15.8 Å². The zero-order chi connectivity index (χ0) is 21.3. The van der Waals surface area contributed by atoms with E-state index >= 15 is 0 Å². The zero-order valence-electron chi connectivity index (χ0n) is 15.5. The zero-order valence-corrected chi connectivity index (χ0v) is 17.0. The van der Waals surface area contributed by atoms with Gasteiger partial charge in [0.2, 0.25) is 0 Å². The normalized spacial score (nSPS) is 15.8. The van der Waals surface area contributed by atoms with Gasteiger partial charge in [0.1, 0.15) is 11.6 Å². The minimum absolute atomic E-state index is 0.0714. The Morgan fingerprint density at radius 1 is 1.07 bits per heavy atom. The van der Waals surface area contributed by atoms with Crippen LogP contribution in [0.5, 0.6) is 5.75 Å². The Labute approximate surface area is 177 Å². The van der Waals surface area contributed by atoms with Gasteiger partial charge >= 0.3 is 0 Å². The highest BCUT2D eigenvalue weighted by Gasteiger charge is 2.37. The van der Waals surface area contributed by atoms with Crippen LogP contribution in [0, 0.1) is 5.82 Å². The molecule has 1 N–H and O–H groups in total. The van der Waals surface area contributed by atoms with Crippen molar-refractivity contribution in [3.05, 3.63) is 83.6 Å². The van der Waals surface area contributed by atoms with Gasteiger partial charge in [0, 0.05) is 10.7 Å². The minimum Gasteiger partial charge on any atom is -0.476 e. The molecule has 0 saturated heterocycles. The summed E-state index contributed by atoms with van der Waals surface area (Å²) in [7, 11) is -3.98. The van der Waals surface area contributed by atoms with Crippen LogP contribution >= 0.6 is 11.6 Å². The molecule has 6 nitrogen and oxygen atoms in total. The lowest BCUT2D eigenvalue weighted by atomic mass is 10.2. The lowest BCUT2D eigenvalue weighted by Crippen LogP contribution is -2.48. The Morgan fingerprint density at radius 3 is 2.57 bits per heavy atom. The van der Waals surface area contributed by atoms with Gasteiger partial charge in [-0.3, -0.25) is 9.10 Å². The molecular weight excluding hydrogens is 431 g/mol. The molecule has 0 saturated carbocycles. The highest BCUT2D eigenvalue weighted by molar-refractivity contribution is 7.92. The lowest BCUT2D eigenvalue weighted by molar-refractivity contribution is -0.122. The topological polar surface area (TPSA) is 75.7 Å². The molecule has 1 aliphatic rings. The van der Waals surface area contributed by atoms with E-state index in [4.69, 9.17) is 16.3 Å². The fourth-order valence-electron chi connectivity index (χ4n) is 3.10. The van der Waals surface area contributed by atoms with E-state index in [1.807, 2.05) is 0 Å². The van der Waals surface area contributed by atoms with Gasteiger partial charge in [-0.2, -0.15) is 0 Å². The molecule has 0 aliphatic carbocycles. The summed E-state index contributed by atoms with van der Waals surface area (Å²) in [4.78, 5) is 12.8. The van der Waals surface area contributed by atoms with Crippen molar-refractivity contribution in [1.29, 1.82) is 0 Å². The second-order valence-electron chi connectivity index (χ2n) is 6.57. The highest BCUT2D eigenvalue weighted by atomic mass is 35.5. The van der Waals surface area contributed by atoms with Crippen molar-refractivity contribution in [3.63, 3.8) is 0 Å². The summed E-state index contributed by atoms with van der Waals surface area (Å²) in [6, 6.07) is 17.8. The molecule has 3 aromatic rings. The van der Waals surface area contributed by atoms with Gasteiger partial charge in [0.25, 0.3) is 15.9 Å². The fraction of sp³-hybridized carbons (Fsp3) is 0.0952. The van der Waals surface area contributed by atoms with Gasteiger partial charge in [0.15, 0.2) is 6.10 Å². The Morgan fingerprint density at radius 2 is 1.83 bits per heavy atom. The molecule has 0 radical (unpaired) electrons. The standard InChI is InChI=1S/C21H16ClFN2O4S/c22-14-9-10-19-18(11-14)25(30(27,28)17-7-2-1-3-8-17)13-20(29-19)21(26)24-16-6-4-5-15(23)12-16/h1-12,20H,13H2,(H,24,26)/t20-/m1/s1. The van der Waals surface area contributed by atoms with Crippen LogP contribution in [0.2, 0.25) is 5.02 Å². The van der Waals surface area contributed by atoms with Gasteiger partial charge in [-0.05, 0) is 48.5 Å². The maximum atomic E-state index is 13.4. The van der Waals surface area contributed by atoms with Crippen LogP contribution < -0.4 is 14.4 Å². The number of halogens is 2. The number of sulfonamides is 1. The average molecular weight is 447 g/mol. The number of amides is 1. The minimum atomic E-state index is -3.98. The van der Waals surface area contributed by atoms with Crippen molar-refractivity contribution in [2.24, 2.45) is 0 Å². The first kappa shape index (κ1) is 20.2. The van der Waals surface area contributed by atoms with Crippen LogP contribution in [0.25, 0.3) is 0 Å². The summed E-state index contributed by atoms with van der Waals surface area (Å²) in [5, 5.41) is 2.88. The predicted molar refractivity (Wildman–Crippen MR) is 112 cm³/mol. The van der Waals surface area contributed by atoms with Crippen LogP contribution in [0.3, 0.4) is 0 Å². The van der Waals surface area contributed by atoms with Crippen molar-refractivity contribution in [2.45, 2.75) is 11.0 Å². The largest absolute Gasteiger partial charge is 0.476 e. The number of anilines is 2. The van der Waals surface area contributed by atoms with Crippen molar-refractivity contribution in [1.82, 2.24) is 0 Å². The van der Waals surface area contributed by atoms with E-state index in [0.717, 1.165) is 10.4 Å². The van der Waals surface area contributed by atoms with E-state index in [2.05, 4.69) is 5.32 Å². The first-order chi connectivity index (χ1) is 14.3. The monoisotopic (exact) mass is 446 g/mol. The molecule has 9 heteroatoms. The molecule has 4 rings (SSSR count). The number of carbonyl (C=O) groups is 1. The smallest absolute Gasteiger partial charge is 0.267 e.